The standard InChI is InChI=1S/C19H25N3O2/c23-19(11-16-24-18-8-2-1-3-9-18)22-14-5-4-7-17(22)10-15-21-13-6-12-20-21/h1-3,6,8-9,12-13,17H,4-5,7,10-11,14-16H2/t17-/m0/s1. The van der Waals surface area contributed by atoms with E-state index in [2.05, 4.69) is 10.00 Å². The highest BCUT2D eigenvalue weighted by Gasteiger charge is 2.26. The molecule has 5 nitrogen and oxygen atoms in total. The van der Waals surface area contributed by atoms with E-state index in [4.69, 9.17) is 4.74 Å². The number of ether oxygens (including phenoxy) is 1. The second kappa shape index (κ2) is 8.52. The van der Waals surface area contributed by atoms with E-state index < -0.39 is 0 Å². The minimum atomic E-state index is 0.205. The summed E-state index contributed by atoms with van der Waals surface area (Å²) >= 11 is 0. The molecule has 0 bridgehead atoms. The molecule has 0 spiro atoms. The second-order valence-corrected chi connectivity index (χ2v) is 6.21. The summed E-state index contributed by atoms with van der Waals surface area (Å²) in [4.78, 5) is 14.6. The quantitative estimate of drug-likeness (QED) is 0.785. The van der Waals surface area contributed by atoms with Crippen LogP contribution < -0.4 is 4.74 Å². The van der Waals surface area contributed by atoms with E-state index in [1.165, 1.54) is 6.42 Å². The van der Waals surface area contributed by atoms with Gasteiger partial charge in [-0.15, -0.1) is 0 Å². The van der Waals surface area contributed by atoms with Crippen molar-refractivity contribution in [3.63, 3.8) is 0 Å². The van der Waals surface area contributed by atoms with Crippen LogP contribution >= 0.6 is 0 Å². The van der Waals surface area contributed by atoms with Crippen molar-refractivity contribution in [2.75, 3.05) is 13.2 Å². The van der Waals surface area contributed by atoms with Crippen molar-refractivity contribution >= 4 is 5.91 Å². The van der Waals surface area contributed by atoms with E-state index in [1.807, 2.05) is 47.3 Å². The van der Waals surface area contributed by atoms with Crippen molar-refractivity contribution in [1.82, 2.24) is 14.7 Å². The molecule has 3 rings (SSSR count). The van der Waals surface area contributed by atoms with Crippen molar-refractivity contribution in [2.24, 2.45) is 0 Å². The van der Waals surface area contributed by atoms with E-state index in [0.29, 0.717) is 19.1 Å². The molecule has 0 saturated carbocycles. The number of para-hydroxylation sites is 1. The van der Waals surface area contributed by atoms with Crippen LogP contribution in [-0.2, 0) is 11.3 Å². The van der Waals surface area contributed by atoms with Gasteiger partial charge in [0.15, 0.2) is 0 Å². The number of rotatable bonds is 7. The van der Waals surface area contributed by atoms with Crippen LogP contribution in [0.1, 0.15) is 32.1 Å². The normalized spacial score (nSPS) is 17.7. The number of benzene rings is 1. The fourth-order valence-corrected chi connectivity index (χ4v) is 3.26. The topological polar surface area (TPSA) is 47.4 Å². The molecule has 2 aromatic rings. The highest BCUT2D eigenvalue weighted by atomic mass is 16.5. The smallest absolute Gasteiger partial charge is 0.226 e. The minimum Gasteiger partial charge on any atom is -0.493 e. The molecule has 128 valence electrons. The van der Waals surface area contributed by atoms with Gasteiger partial charge < -0.3 is 9.64 Å². The van der Waals surface area contributed by atoms with Crippen LogP contribution in [0.15, 0.2) is 48.8 Å². The summed E-state index contributed by atoms with van der Waals surface area (Å²) in [6.45, 7) is 2.17. The highest BCUT2D eigenvalue weighted by molar-refractivity contribution is 5.76. The fraction of sp³-hybridized carbons (Fsp3) is 0.474. The molecule has 1 aromatic carbocycles. The number of carbonyl (C=O) groups excluding carboxylic acids is 1. The Balaban J connectivity index is 1.47. The molecule has 0 N–H and O–H groups in total. The maximum absolute atomic E-state index is 12.6. The van der Waals surface area contributed by atoms with Crippen molar-refractivity contribution < 1.29 is 9.53 Å². The molecule has 24 heavy (non-hydrogen) atoms. The van der Waals surface area contributed by atoms with Gasteiger partial charge in [0.25, 0.3) is 0 Å². The van der Waals surface area contributed by atoms with Crippen LogP contribution in [-0.4, -0.2) is 39.8 Å². The van der Waals surface area contributed by atoms with E-state index >= 15 is 0 Å². The van der Waals surface area contributed by atoms with Crippen molar-refractivity contribution in [1.29, 1.82) is 0 Å². The molecule has 1 saturated heterocycles. The zero-order valence-corrected chi connectivity index (χ0v) is 14.0. The van der Waals surface area contributed by atoms with Gasteiger partial charge in [-0.3, -0.25) is 9.48 Å². The zero-order chi connectivity index (χ0) is 16.6. The monoisotopic (exact) mass is 327 g/mol. The molecule has 0 radical (unpaired) electrons. The molecule has 0 unspecified atom stereocenters. The van der Waals surface area contributed by atoms with Gasteiger partial charge in [-0.1, -0.05) is 18.2 Å². The van der Waals surface area contributed by atoms with Crippen LogP contribution in [0.25, 0.3) is 0 Å². The van der Waals surface area contributed by atoms with Gasteiger partial charge >= 0.3 is 0 Å². The molecule has 1 atom stereocenters. The van der Waals surface area contributed by atoms with Gasteiger partial charge in [0, 0.05) is 31.5 Å². The average molecular weight is 327 g/mol. The Labute approximate surface area is 143 Å². The number of amides is 1. The number of hydrogen-bond acceptors (Lipinski definition) is 3. The SMILES string of the molecule is O=C(CCOc1ccccc1)N1CCCC[C@H]1CCn1cccn1. The number of nitrogens with zero attached hydrogens (tertiary/aromatic N) is 3. The lowest BCUT2D eigenvalue weighted by atomic mass is 9.99. The molecule has 1 aromatic heterocycles. The second-order valence-electron chi connectivity index (χ2n) is 6.21. The number of likely N-dealkylation sites (tertiary alicyclic amines) is 1. The lowest BCUT2D eigenvalue weighted by Crippen LogP contribution is -2.44. The van der Waals surface area contributed by atoms with Crippen molar-refractivity contribution in [3.8, 4) is 5.75 Å². The first-order valence-corrected chi connectivity index (χ1v) is 8.77. The summed E-state index contributed by atoms with van der Waals surface area (Å²) in [7, 11) is 0. The first kappa shape index (κ1) is 16.6. The van der Waals surface area contributed by atoms with Crippen LogP contribution in [0.5, 0.6) is 5.75 Å². The number of hydrogen-bond donors (Lipinski definition) is 0. The summed E-state index contributed by atoms with van der Waals surface area (Å²) < 4.78 is 7.60. The van der Waals surface area contributed by atoms with Crippen molar-refractivity contribution in [3.05, 3.63) is 48.8 Å². The summed E-state index contributed by atoms with van der Waals surface area (Å²) in [6.07, 6.45) is 8.57. The zero-order valence-electron chi connectivity index (χ0n) is 14.0. The maximum atomic E-state index is 12.6. The van der Waals surface area contributed by atoms with Crippen LogP contribution in [0.2, 0.25) is 0 Å². The Morgan fingerprint density at radius 2 is 2.08 bits per heavy atom. The third-order valence-electron chi connectivity index (χ3n) is 4.53. The van der Waals surface area contributed by atoms with Gasteiger partial charge in [0.1, 0.15) is 5.75 Å². The Morgan fingerprint density at radius 3 is 2.88 bits per heavy atom. The van der Waals surface area contributed by atoms with Crippen LogP contribution in [0, 0.1) is 0 Å². The highest BCUT2D eigenvalue weighted by Crippen LogP contribution is 2.21. The van der Waals surface area contributed by atoms with E-state index in [9.17, 15) is 4.79 Å². The summed E-state index contributed by atoms with van der Waals surface area (Å²) in [5.41, 5.74) is 0. The molecule has 1 amide bonds. The van der Waals surface area contributed by atoms with E-state index in [0.717, 1.165) is 38.1 Å². The Kier molecular flexibility index (Phi) is 5.88. The first-order chi connectivity index (χ1) is 11.8. The van der Waals surface area contributed by atoms with Gasteiger partial charge in [-0.2, -0.15) is 5.10 Å². The van der Waals surface area contributed by atoms with Crippen molar-refractivity contribution in [2.45, 2.75) is 44.7 Å². The van der Waals surface area contributed by atoms with Gasteiger partial charge in [-0.05, 0) is 43.9 Å². The Bertz CT molecular complexity index is 613. The molecule has 1 aliphatic heterocycles. The molecule has 1 fully saturated rings. The van der Waals surface area contributed by atoms with E-state index in [-0.39, 0.29) is 5.91 Å². The lowest BCUT2D eigenvalue weighted by molar-refractivity contribution is -0.135. The summed E-state index contributed by atoms with van der Waals surface area (Å²) in [5, 5.41) is 4.25. The Morgan fingerprint density at radius 1 is 1.21 bits per heavy atom. The molecule has 1 aliphatic rings. The minimum absolute atomic E-state index is 0.205. The van der Waals surface area contributed by atoms with Crippen LogP contribution in [0.3, 0.4) is 0 Å². The largest absolute Gasteiger partial charge is 0.493 e. The molecule has 2 heterocycles. The molecule has 0 aliphatic carbocycles. The van der Waals surface area contributed by atoms with E-state index in [1.54, 1.807) is 6.20 Å². The lowest BCUT2D eigenvalue weighted by Gasteiger charge is -2.36. The van der Waals surface area contributed by atoms with Crippen LogP contribution in [0.4, 0.5) is 0 Å². The summed E-state index contributed by atoms with van der Waals surface area (Å²) in [6, 6.07) is 11.9. The number of piperidine rings is 1. The average Bonchev–Trinajstić information content (AvgIpc) is 3.14. The fourth-order valence-electron chi connectivity index (χ4n) is 3.26. The van der Waals surface area contributed by atoms with Gasteiger partial charge in [-0.25, -0.2) is 0 Å². The Hall–Kier alpha value is -2.30. The number of aromatic nitrogens is 2. The molecule has 5 heteroatoms. The predicted molar refractivity (Wildman–Crippen MR) is 92.8 cm³/mol. The summed E-state index contributed by atoms with van der Waals surface area (Å²) in [5.74, 6) is 1.02. The molecular formula is C19H25N3O2. The van der Waals surface area contributed by atoms with Gasteiger partial charge in [0.2, 0.25) is 5.91 Å². The van der Waals surface area contributed by atoms with Gasteiger partial charge in [0.05, 0.1) is 13.0 Å². The third-order valence-corrected chi connectivity index (χ3v) is 4.53. The maximum Gasteiger partial charge on any atom is 0.226 e. The predicted octanol–water partition coefficient (Wildman–Crippen LogP) is 3.12. The molecular weight excluding hydrogens is 302 g/mol. The first-order valence-electron chi connectivity index (χ1n) is 8.77. The number of carbonyl (C=O) groups is 1. The number of aryl methyl sites for hydroxylation is 1. The third kappa shape index (κ3) is 4.60.